The predicted octanol–water partition coefficient (Wildman–Crippen LogP) is 0.533. The second kappa shape index (κ2) is 4.17. The van der Waals surface area contributed by atoms with Crippen LogP contribution in [0.1, 0.15) is 16.1 Å². The van der Waals surface area contributed by atoms with Gasteiger partial charge in [0.15, 0.2) is 11.4 Å². The molecular weight excluding hydrogens is 241 g/mol. The SMILES string of the molecule is N#Cc1cc(OC(F)(F)F)c(C(N)=O)nc1N. The third kappa shape index (κ3) is 2.97. The van der Waals surface area contributed by atoms with Crippen molar-refractivity contribution in [3.63, 3.8) is 0 Å². The van der Waals surface area contributed by atoms with Crippen LogP contribution in [-0.4, -0.2) is 17.3 Å². The first-order valence-corrected chi connectivity index (χ1v) is 4.00. The number of nitrogen functional groups attached to an aromatic ring is 1. The lowest BCUT2D eigenvalue weighted by molar-refractivity contribution is -0.274. The van der Waals surface area contributed by atoms with E-state index < -0.39 is 29.5 Å². The van der Waals surface area contributed by atoms with Crippen molar-refractivity contribution in [2.24, 2.45) is 5.73 Å². The van der Waals surface area contributed by atoms with Crippen molar-refractivity contribution >= 4 is 11.7 Å². The molecule has 1 rings (SSSR count). The summed E-state index contributed by atoms with van der Waals surface area (Å²) < 4.78 is 39.5. The predicted molar refractivity (Wildman–Crippen MR) is 48.6 cm³/mol. The van der Waals surface area contributed by atoms with Crippen LogP contribution in [-0.2, 0) is 0 Å². The van der Waals surface area contributed by atoms with Gasteiger partial charge < -0.3 is 16.2 Å². The molecule has 0 saturated heterocycles. The average molecular weight is 246 g/mol. The van der Waals surface area contributed by atoms with Crippen LogP contribution < -0.4 is 16.2 Å². The van der Waals surface area contributed by atoms with Crippen molar-refractivity contribution in [2.75, 3.05) is 5.73 Å². The van der Waals surface area contributed by atoms with Crippen LogP contribution in [0.4, 0.5) is 19.0 Å². The van der Waals surface area contributed by atoms with Crippen molar-refractivity contribution in [2.45, 2.75) is 6.36 Å². The second-order valence-electron chi connectivity index (χ2n) is 2.79. The van der Waals surface area contributed by atoms with Crippen LogP contribution in [0.2, 0.25) is 0 Å². The van der Waals surface area contributed by atoms with Gasteiger partial charge in [0.05, 0.1) is 5.56 Å². The number of anilines is 1. The minimum absolute atomic E-state index is 0.353. The smallest absolute Gasteiger partial charge is 0.403 e. The molecule has 0 saturated carbocycles. The van der Waals surface area contributed by atoms with Gasteiger partial charge in [-0.05, 0) is 0 Å². The summed E-state index contributed by atoms with van der Waals surface area (Å²) in [4.78, 5) is 14.1. The zero-order chi connectivity index (χ0) is 13.2. The number of alkyl halides is 3. The fourth-order valence-corrected chi connectivity index (χ4v) is 0.978. The number of carbonyl (C=O) groups is 1. The van der Waals surface area contributed by atoms with Crippen molar-refractivity contribution in [3.05, 3.63) is 17.3 Å². The Labute approximate surface area is 92.6 Å². The highest BCUT2D eigenvalue weighted by molar-refractivity contribution is 5.94. The van der Waals surface area contributed by atoms with Crippen LogP contribution in [0.25, 0.3) is 0 Å². The Hall–Kier alpha value is -2.50. The molecule has 0 aliphatic carbocycles. The van der Waals surface area contributed by atoms with Gasteiger partial charge in [-0.15, -0.1) is 13.2 Å². The Balaban J connectivity index is 3.35. The molecule has 1 amide bonds. The lowest BCUT2D eigenvalue weighted by Gasteiger charge is -2.11. The number of aromatic nitrogens is 1. The van der Waals surface area contributed by atoms with Gasteiger partial charge in [-0.3, -0.25) is 4.79 Å². The molecular formula is C8H5F3N4O2. The monoisotopic (exact) mass is 246 g/mol. The lowest BCUT2D eigenvalue weighted by Crippen LogP contribution is -2.22. The number of nitrogens with two attached hydrogens (primary N) is 2. The molecule has 0 aliphatic heterocycles. The van der Waals surface area contributed by atoms with E-state index in [1.165, 1.54) is 6.07 Å². The van der Waals surface area contributed by atoms with Crippen molar-refractivity contribution in [1.82, 2.24) is 4.98 Å². The van der Waals surface area contributed by atoms with Crippen molar-refractivity contribution < 1.29 is 22.7 Å². The van der Waals surface area contributed by atoms with E-state index in [1.807, 2.05) is 0 Å². The topological polar surface area (TPSA) is 115 Å². The molecule has 6 nitrogen and oxygen atoms in total. The second-order valence-corrected chi connectivity index (χ2v) is 2.79. The van der Waals surface area contributed by atoms with E-state index in [-0.39, 0.29) is 5.56 Å². The number of primary amides is 1. The summed E-state index contributed by atoms with van der Waals surface area (Å²) in [5, 5.41) is 8.55. The van der Waals surface area contributed by atoms with Crippen LogP contribution in [0, 0.1) is 11.3 Å². The number of halogens is 3. The number of nitriles is 1. The van der Waals surface area contributed by atoms with Gasteiger partial charge in [-0.1, -0.05) is 0 Å². The quantitative estimate of drug-likeness (QED) is 0.789. The molecule has 0 aromatic carbocycles. The third-order valence-electron chi connectivity index (χ3n) is 1.60. The number of hydrogen-bond acceptors (Lipinski definition) is 5. The summed E-state index contributed by atoms with van der Waals surface area (Å²) >= 11 is 0. The van der Waals surface area contributed by atoms with Gasteiger partial charge in [-0.2, -0.15) is 5.26 Å². The molecule has 0 radical (unpaired) electrons. The largest absolute Gasteiger partial charge is 0.573 e. The highest BCUT2D eigenvalue weighted by atomic mass is 19.4. The standard InChI is InChI=1S/C8H5F3N4O2/c9-8(10,11)17-4-1-3(2-12)6(13)15-5(4)7(14)16/h1H,(H2,13,15)(H2,14,16). The van der Waals surface area contributed by atoms with E-state index >= 15 is 0 Å². The summed E-state index contributed by atoms with van der Waals surface area (Å²) in [7, 11) is 0. The average Bonchev–Trinajstić information content (AvgIpc) is 2.17. The van der Waals surface area contributed by atoms with E-state index in [1.54, 1.807) is 0 Å². The summed E-state index contributed by atoms with van der Waals surface area (Å²) in [5.74, 6) is -2.62. The molecule has 90 valence electrons. The van der Waals surface area contributed by atoms with Gasteiger partial charge in [0.25, 0.3) is 5.91 Å². The zero-order valence-corrected chi connectivity index (χ0v) is 8.08. The Morgan fingerprint density at radius 1 is 1.53 bits per heavy atom. The van der Waals surface area contributed by atoms with Gasteiger partial charge in [0.1, 0.15) is 11.9 Å². The van der Waals surface area contributed by atoms with Crippen molar-refractivity contribution in [1.29, 1.82) is 5.26 Å². The molecule has 4 N–H and O–H groups in total. The van der Waals surface area contributed by atoms with Gasteiger partial charge in [0.2, 0.25) is 0 Å². The molecule has 0 spiro atoms. The Morgan fingerprint density at radius 3 is 2.53 bits per heavy atom. The molecule has 17 heavy (non-hydrogen) atoms. The van der Waals surface area contributed by atoms with Crippen LogP contribution in [0.5, 0.6) is 5.75 Å². The molecule has 0 bridgehead atoms. The number of hydrogen-bond donors (Lipinski definition) is 2. The minimum Gasteiger partial charge on any atom is -0.403 e. The first-order valence-electron chi connectivity index (χ1n) is 4.00. The molecule has 1 aromatic rings. The fourth-order valence-electron chi connectivity index (χ4n) is 0.978. The molecule has 0 fully saturated rings. The number of ether oxygens (including phenoxy) is 1. The summed E-state index contributed by atoms with van der Waals surface area (Å²) in [6, 6.07) is 2.15. The highest BCUT2D eigenvalue weighted by Gasteiger charge is 2.33. The molecule has 0 atom stereocenters. The maximum Gasteiger partial charge on any atom is 0.573 e. The number of rotatable bonds is 2. The van der Waals surface area contributed by atoms with Gasteiger partial charge in [-0.25, -0.2) is 4.98 Å². The van der Waals surface area contributed by atoms with E-state index in [2.05, 4.69) is 9.72 Å². The molecule has 9 heteroatoms. The summed E-state index contributed by atoms with van der Waals surface area (Å²) in [6.07, 6.45) is -5.03. The first-order chi connectivity index (χ1) is 7.74. The minimum atomic E-state index is -5.03. The Morgan fingerprint density at radius 2 is 2.12 bits per heavy atom. The van der Waals surface area contributed by atoms with Crippen LogP contribution in [0.3, 0.4) is 0 Å². The summed E-state index contributed by atoms with van der Waals surface area (Å²) in [6.45, 7) is 0. The number of pyridine rings is 1. The highest BCUT2D eigenvalue weighted by Crippen LogP contribution is 2.27. The number of amides is 1. The van der Waals surface area contributed by atoms with Crippen LogP contribution >= 0.6 is 0 Å². The maximum absolute atomic E-state index is 12.0. The van der Waals surface area contributed by atoms with E-state index in [0.717, 1.165) is 0 Å². The van der Waals surface area contributed by atoms with E-state index in [4.69, 9.17) is 16.7 Å². The third-order valence-corrected chi connectivity index (χ3v) is 1.60. The normalized spacial score (nSPS) is 10.7. The first kappa shape index (κ1) is 12.6. The van der Waals surface area contributed by atoms with E-state index in [9.17, 15) is 18.0 Å². The van der Waals surface area contributed by atoms with Crippen molar-refractivity contribution in [3.8, 4) is 11.8 Å². The van der Waals surface area contributed by atoms with Crippen LogP contribution in [0.15, 0.2) is 6.07 Å². The Bertz CT molecular complexity index is 507. The molecule has 1 aromatic heterocycles. The Kier molecular flexibility index (Phi) is 3.08. The van der Waals surface area contributed by atoms with E-state index in [0.29, 0.717) is 6.07 Å². The number of nitrogens with zero attached hydrogens (tertiary/aromatic N) is 2. The van der Waals surface area contributed by atoms with Gasteiger partial charge in [0, 0.05) is 6.07 Å². The molecule has 0 unspecified atom stereocenters. The fraction of sp³-hybridized carbons (Fsp3) is 0.125. The van der Waals surface area contributed by atoms with Gasteiger partial charge >= 0.3 is 6.36 Å². The molecule has 1 heterocycles. The lowest BCUT2D eigenvalue weighted by atomic mass is 10.2. The maximum atomic E-state index is 12.0. The molecule has 0 aliphatic rings. The summed E-state index contributed by atoms with van der Waals surface area (Å²) in [5.41, 5.74) is 8.89. The zero-order valence-electron chi connectivity index (χ0n) is 8.08. The number of carbonyl (C=O) groups excluding carboxylic acids is 1.